The Kier molecular flexibility index (Phi) is 7.93. The molecular formula is C23H21Cl2O2Zr. The molecule has 0 heterocycles. The van der Waals surface area contributed by atoms with E-state index in [9.17, 15) is 0 Å². The Morgan fingerprint density at radius 2 is 1.71 bits per heavy atom. The fourth-order valence-corrected chi connectivity index (χ4v) is 5.02. The van der Waals surface area contributed by atoms with Crippen LogP contribution in [0.1, 0.15) is 31.4 Å². The molecule has 0 atom stereocenters. The quantitative estimate of drug-likeness (QED) is 0.491. The predicted molar refractivity (Wildman–Crippen MR) is 101 cm³/mol. The number of aliphatic hydroxyl groups is 1. The molecule has 2 aromatic rings. The van der Waals surface area contributed by atoms with Gasteiger partial charge in [-0.15, -0.1) is 0 Å². The van der Waals surface area contributed by atoms with Crippen molar-refractivity contribution in [3.63, 3.8) is 0 Å². The first-order valence-electron chi connectivity index (χ1n) is 8.92. The monoisotopic (exact) mass is 489 g/mol. The second-order valence-corrected chi connectivity index (χ2v) is 8.11. The molecule has 2 aliphatic carbocycles. The number of allylic oxidation sites excluding steroid dienone is 3. The van der Waals surface area contributed by atoms with Crippen LogP contribution in [0.3, 0.4) is 0 Å². The van der Waals surface area contributed by atoms with Gasteiger partial charge in [-0.1, -0.05) is 0 Å². The van der Waals surface area contributed by atoms with Crippen molar-refractivity contribution >= 4 is 14.4 Å². The molecule has 0 fully saturated rings. The summed E-state index contributed by atoms with van der Waals surface area (Å²) in [5.41, 5.74) is 5.38. The molecular weight excluding hydrogens is 470 g/mol. The van der Waals surface area contributed by atoms with Crippen LogP contribution in [0.4, 0.5) is 0 Å². The van der Waals surface area contributed by atoms with E-state index in [4.69, 9.17) is 9.84 Å². The van der Waals surface area contributed by atoms with Crippen LogP contribution < -0.4 is 35.3 Å². The maximum absolute atomic E-state index is 9.01. The van der Waals surface area contributed by atoms with E-state index < -0.39 is 0 Å². The summed E-state index contributed by atoms with van der Waals surface area (Å²) in [5, 5.41) is 14.4. The van der Waals surface area contributed by atoms with Gasteiger partial charge in [0.05, 0.1) is 0 Å². The third kappa shape index (κ3) is 3.96. The zero-order valence-corrected chi connectivity index (χ0v) is 19.8. The van der Waals surface area contributed by atoms with E-state index in [2.05, 4.69) is 62.4 Å². The first kappa shape index (κ1) is 23.2. The third-order valence-electron chi connectivity index (χ3n) is 5.00. The van der Waals surface area contributed by atoms with E-state index in [1.54, 1.807) is 0 Å². The maximum Gasteiger partial charge on any atom is -1.00 e. The van der Waals surface area contributed by atoms with Gasteiger partial charge < -0.3 is 24.8 Å². The van der Waals surface area contributed by atoms with Gasteiger partial charge in [0.1, 0.15) is 0 Å². The topological polar surface area (TPSA) is 29.5 Å². The average Bonchev–Trinajstić information content (AvgIpc) is 3.23. The average molecular weight is 492 g/mol. The van der Waals surface area contributed by atoms with Crippen molar-refractivity contribution < 1.29 is 59.4 Å². The Morgan fingerprint density at radius 3 is 2.39 bits per heavy atom. The van der Waals surface area contributed by atoms with Crippen molar-refractivity contribution in [2.24, 2.45) is 0 Å². The number of benzene rings is 2. The van der Waals surface area contributed by atoms with Crippen molar-refractivity contribution in [1.82, 2.24) is 0 Å². The summed E-state index contributed by atoms with van der Waals surface area (Å²) in [6.07, 6.45) is 5.13. The second kappa shape index (κ2) is 9.59. The first-order chi connectivity index (χ1) is 12.6. The van der Waals surface area contributed by atoms with E-state index in [1.165, 1.54) is 71.1 Å². The van der Waals surface area contributed by atoms with Gasteiger partial charge >= 0.3 is 169 Å². The number of hydrogen-bond donors (Lipinski definition) is 1. The zero-order valence-electron chi connectivity index (χ0n) is 15.9. The molecule has 0 aromatic heterocycles. The van der Waals surface area contributed by atoms with Gasteiger partial charge in [-0.2, -0.15) is 0 Å². The molecule has 0 unspecified atom stereocenters. The van der Waals surface area contributed by atoms with Crippen LogP contribution in [-0.4, -0.2) is 18.3 Å². The second-order valence-electron chi connectivity index (χ2n) is 6.88. The van der Waals surface area contributed by atoms with Crippen LogP contribution in [0.2, 0.25) is 0 Å². The molecule has 0 bridgehead atoms. The van der Waals surface area contributed by atoms with Crippen LogP contribution in [0.25, 0.3) is 14.4 Å². The number of ether oxygens (including phenoxy) is 1. The van der Waals surface area contributed by atoms with Crippen LogP contribution in [-0.2, 0) is 29.5 Å². The van der Waals surface area contributed by atoms with E-state index in [1.807, 2.05) is 0 Å². The van der Waals surface area contributed by atoms with E-state index in [0.29, 0.717) is 6.61 Å². The Hall–Kier alpha value is -1.12. The number of halogens is 2. The van der Waals surface area contributed by atoms with Gasteiger partial charge in [0.15, 0.2) is 0 Å². The fraction of sp³-hybridized carbons (Fsp3) is 0.217. The van der Waals surface area contributed by atoms with Crippen molar-refractivity contribution in [2.75, 3.05) is 13.2 Å². The van der Waals surface area contributed by atoms with E-state index in [0.717, 1.165) is 12.2 Å². The number of aliphatic hydroxyl groups excluding tert-OH is 1. The summed E-state index contributed by atoms with van der Waals surface area (Å²) in [4.78, 5) is 0. The van der Waals surface area contributed by atoms with Crippen LogP contribution in [0, 0.1) is 10.4 Å². The van der Waals surface area contributed by atoms with Crippen molar-refractivity contribution in [3.8, 4) is 0 Å². The minimum absolute atomic E-state index is 0. The van der Waals surface area contributed by atoms with Gasteiger partial charge in [0.2, 0.25) is 0 Å². The molecule has 0 saturated carbocycles. The molecule has 143 valence electrons. The molecule has 0 radical (unpaired) electrons. The van der Waals surface area contributed by atoms with Crippen LogP contribution in [0.5, 0.6) is 0 Å². The molecule has 0 saturated heterocycles. The minimum Gasteiger partial charge on any atom is -1.00 e. The Balaban J connectivity index is 0.00000140. The van der Waals surface area contributed by atoms with Crippen molar-refractivity contribution in [3.05, 3.63) is 86.3 Å². The van der Waals surface area contributed by atoms with Crippen molar-refractivity contribution in [1.29, 1.82) is 0 Å². The normalized spacial score (nSPS) is 13.7. The predicted octanol–water partition coefficient (Wildman–Crippen LogP) is -3.13. The summed E-state index contributed by atoms with van der Waals surface area (Å²) in [7, 11) is 0. The third-order valence-corrected chi connectivity index (χ3v) is 6.28. The SMILES string of the molecule is CC(C)=c1ccc2c(c1C1=CC(OCCO)=CC1)[C]([Zr+2])=c1ccccc1=2.[Cl-].[Cl-]. The molecule has 28 heavy (non-hydrogen) atoms. The standard InChI is InChI=1S/C23H21O2.2ClH.Zr/c1-15(2)19-9-10-21-20-6-4-3-5-16(20)14-22(21)23(19)17-7-8-18(13-17)25-12-11-24;;;/h3-6,8-10,13,24H,7,11-12H2,1-2H3;2*1H;/q;;;+2/p-2. The molecule has 5 heteroatoms. The zero-order chi connectivity index (χ0) is 18.3. The largest absolute Gasteiger partial charge is 1.00 e. The first-order valence-corrected chi connectivity index (χ1v) is 10.2. The van der Waals surface area contributed by atoms with Crippen LogP contribution in [0.15, 0.2) is 54.3 Å². The summed E-state index contributed by atoms with van der Waals surface area (Å²) in [6.45, 7) is 4.75. The number of fused-ring (bicyclic) bond motifs is 2. The maximum atomic E-state index is 9.01. The molecule has 0 aliphatic heterocycles. The Labute approximate surface area is 192 Å². The summed E-state index contributed by atoms with van der Waals surface area (Å²) in [6, 6.07) is 13.3. The molecule has 2 aromatic carbocycles. The van der Waals surface area contributed by atoms with Crippen molar-refractivity contribution in [2.45, 2.75) is 20.3 Å². The van der Waals surface area contributed by atoms with Gasteiger partial charge in [-0.25, -0.2) is 0 Å². The van der Waals surface area contributed by atoms with Gasteiger partial charge in [0, 0.05) is 0 Å². The van der Waals surface area contributed by atoms with Gasteiger partial charge in [-0.05, 0) is 0 Å². The Morgan fingerprint density at radius 1 is 1.00 bits per heavy atom. The minimum atomic E-state index is 0. The molecule has 0 amide bonds. The van der Waals surface area contributed by atoms with E-state index >= 15 is 0 Å². The number of hydrogen-bond acceptors (Lipinski definition) is 2. The summed E-state index contributed by atoms with van der Waals surface area (Å²) < 4.78 is 7.08. The Bertz CT molecular complexity index is 1180. The van der Waals surface area contributed by atoms with Gasteiger partial charge in [-0.3, -0.25) is 0 Å². The smallest absolute Gasteiger partial charge is 1.00 e. The molecule has 0 spiro atoms. The summed E-state index contributed by atoms with van der Waals surface area (Å²) in [5.74, 6) is 0.868. The number of rotatable bonds is 4. The fourth-order valence-electron chi connectivity index (χ4n) is 3.85. The van der Waals surface area contributed by atoms with Crippen LogP contribution >= 0.6 is 0 Å². The molecule has 1 N–H and O–H groups in total. The molecule has 4 rings (SSSR count). The van der Waals surface area contributed by atoms with E-state index in [-0.39, 0.29) is 31.4 Å². The molecule has 2 nitrogen and oxygen atoms in total. The van der Waals surface area contributed by atoms with Gasteiger partial charge in [0.25, 0.3) is 0 Å². The molecule has 2 aliphatic rings. The summed E-state index contributed by atoms with van der Waals surface area (Å²) >= 11 is 1.44.